The van der Waals surface area contributed by atoms with Crippen LogP contribution in [-0.2, 0) is 4.79 Å². The van der Waals surface area contributed by atoms with Crippen LogP contribution in [0.5, 0.6) is 0 Å². The minimum atomic E-state index is -0.605. The standard InChI is InChI=1S/C14H18ClN3O3/c1-9(19)7-16-14(21)17-11-6-13(20)18(8-11)12-4-2-10(15)3-5-12/h2-5,9,11,19H,6-8H2,1H3,(H2,16,17,21). The number of aliphatic hydroxyl groups excluding tert-OH is 1. The summed E-state index contributed by atoms with van der Waals surface area (Å²) in [6.07, 6.45) is -0.350. The number of hydrogen-bond acceptors (Lipinski definition) is 3. The lowest BCUT2D eigenvalue weighted by Gasteiger charge is -2.17. The third-order valence-corrected chi connectivity index (χ3v) is 3.41. The van der Waals surface area contributed by atoms with Crippen LogP contribution in [0.1, 0.15) is 13.3 Å². The van der Waals surface area contributed by atoms with Crippen molar-refractivity contribution in [1.82, 2.24) is 10.6 Å². The second kappa shape index (κ2) is 6.78. The highest BCUT2D eigenvalue weighted by atomic mass is 35.5. The maximum atomic E-state index is 12.0. The molecule has 0 radical (unpaired) electrons. The molecule has 6 nitrogen and oxygen atoms in total. The summed E-state index contributed by atoms with van der Waals surface area (Å²) in [6, 6.07) is 6.36. The molecular weight excluding hydrogens is 294 g/mol. The van der Waals surface area contributed by atoms with Crippen molar-refractivity contribution in [2.45, 2.75) is 25.5 Å². The van der Waals surface area contributed by atoms with Crippen molar-refractivity contribution in [3.8, 4) is 0 Å². The van der Waals surface area contributed by atoms with Crippen molar-refractivity contribution in [3.63, 3.8) is 0 Å². The number of halogens is 1. The molecule has 7 heteroatoms. The van der Waals surface area contributed by atoms with Crippen molar-refractivity contribution in [3.05, 3.63) is 29.3 Å². The molecule has 1 aromatic carbocycles. The van der Waals surface area contributed by atoms with Gasteiger partial charge in [0.2, 0.25) is 5.91 Å². The SMILES string of the molecule is CC(O)CNC(=O)NC1CC(=O)N(c2ccc(Cl)cc2)C1. The van der Waals surface area contributed by atoms with Crippen molar-refractivity contribution in [2.75, 3.05) is 18.0 Å². The Morgan fingerprint density at radius 1 is 1.48 bits per heavy atom. The average Bonchev–Trinajstić information content (AvgIpc) is 2.78. The van der Waals surface area contributed by atoms with Crippen molar-refractivity contribution in [1.29, 1.82) is 0 Å². The van der Waals surface area contributed by atoms with Gasteiger partial charge in [0.15, 0.2) is 0 Å². The van der Waals surface area contributed by atoms with Gasteiger partial charge in [-0.05, 0) is 31.2 Å². The molecule has 0 saturated carbocycles. The maximum absolute atomic E-state index is 12.0. The minimum absolute atomic E-state index is 0.0434. The minimum Gasteiger partial charge on any atom is -0.392 e. The monoisotopic (exact) mass is 311 g/mol. The van der Waals surface area contributed by atoms with E-state index in [2.05, 4.69) is 10.6 Å². The fourth-order valence-electron chi connectivity index (χ4n) is 2.15. The molecule has 1 aromatic rings. The largest absolute Gasteiger partial charge is 0.392 e. The quantitative estimate of drug-likeness (QED) is 0.779. The van der Waals surface area contributed by atoms with E-state index in [1.807, 2.05) is 0 Å². The third kappa shape index (κ3) is 4.34. The number of carbonyl (C=O) groups excluding carboxylic acids is 2. The van der Waals surface area contributed by atoms with E-state index in [0.29, 0.717) is 11.6 Å². The Bertz CT molecular complexity index is 519. The molecule has 1 saturated heterocycles. The zero-order valence-electron chi connectivity index (χ0n) is 11.7. The Balaban J connectivity index is 1.90. The van der Waals surface area contributed by atoms with Gasteiger partial charge in [-0.25, -0.2) is 4.79 Å². The van der Waals surface area contributed by atoms with Crippen molar-refractivity contribution < 1.29 is 14.7 Å². The molecule has 1 aliphatic heterocycles. The first-order valence-electron chi connectivity index (χ1n) is 6.74. The number of rotatable bonds is 4. The molecule has 3 amide bonds. The van der Waals surface area contributed by atoms with Gasteiger partial charge in [-0.3, -0.25) is 4.79 Å². The van der Waals surface area contributed by atoms with Crippen LogP contribution in [0.25, 0.3) is 0 Å². The fraction of sp³-hybridized carbons (Fsp3) is 0.429. The number of carbonyl (C=O) groups is 2. The number of urea groups is 1. The Labute approximate surface area is 128 Å². The number of aliphatic hydroxyl groups is 1. The van der Waals surface area contributed by atoms with Gasteiger partial charge in [-0.2, -0.15) is 0 Å². The highest BCUT2D eigenvalue weighted by Gasteiger charge is 2.31. The van der Waals surface area contributed by atoms with Gasteiger partial charge in [0, 0.05) is 30.2 Å². The summed E-state index contributed by atoms with van der Waals surface area (Å²) in [5.41, 5.74) is 0.762. The molecule has 1 heterocycles. The van der Waals surface area contributed by atoms with Gasteiger partial charge in [0.05, 0.1) is 12.1 Å². The zero-order valence-corrected chi connectivity index (χ0v) is 12.4. The van der Waals surface area contributed by atoms with Gasteiger partial charge in [-0.15, -0.1) is 0 Å². The summed E-state index contributed by atoms with van der Waals surface area (Å²) in [5.74, 6) is -0.0434. The van der Waals surface area contributed by atoms with Crippen LogP contribution in [0.3, 0.4) is 0 Å². The smallest absolute Gasteiger partial charge is 0.315 e. The molecule has 114 valence electrons. The van der Waals surface area contributed by atoms with Gasteiger partial charge in [0.1, 0.15) is 0 Å². The zero-order chi connectivity index (χ0) is 15.4. The van der Waals surface area contributed by atoms with E-state index in [4.69, 9.17) is 16.7 Å². The van der Waals surface area contributed by atoms with Gasteiger partial charge < -0.3 is 20.6 Å². The molecule has 1 fully saturated rings. The number of benzene rings is 1. The molecule has 2 rings (SSSR count). The molecule has 2 atom stereocenters. The Kier molecular flexibility index (Phi) is 5.03. The van der Waals surface area contributed by atoms with E-state index in [-0.39, 0.29) is 30.9 Å². The highest BCUT2D eigenvalue weighted by molar-refractivity contribution is 6.30. The van der Waals surface area contributed by atoms with Crippen LogP contribution in [0.4, 0.5) is 10.5 Å². The summed E-state index contributed by atoms with van der Waals surface area (Å²) >= 11 is 5.82. The Morgan fingerprint density at radius 2 is 2.14 bits per heavy atom. The summed E-state index contributed by atoms with van der Waals surface area (Å²) < 4.78 is 0. The van der Waals surface area contributed by atoms with Gasteiger partial charge in [-0.1, -0.05) is 11.6 Å². The number of hydrogen-bond donors (Lipinski definition) is 3. The van der Waals surface area contributed by atoms with E-state index >= 15 is 0 Å². The normalized spacial score (nSPS) is 19.5. The van der Waals surface area contributed by atoms with Crippen LogP contribution in [0.2, 0.25) is 5.02 Å². The molecule has 0 aromatic heterocycles. The summed E-state index contributed by atoms with van der Waals surface area (Å²) in [7, 11) is 0. The lowest BCUT2D eigenvalue weighted by molar-refractivity contribution is -0.117. The van der Waals surface area contributed by atoms with E-state index in [0.717, 1.165) is 5.69 Å². The lowest BCUT2D eigenvalue weighted by Crippen LogP contribution is -2.45. The maximum Gasteiger partial charge on any atom is 0.315 e. The van der Waals surface area contributed by atoms with Crippen LogP contribution in [-0.4, -0.2) is 42.3 Å². The predicted octanol–water partition coefficient (Wildman–Crippen LogP) is 1.13. The molecule has 3 N–H and O–H groups in total. The number of nitrogens with zero attached hydrogens (tertiary/aromatic N) is 1. The van der Waals surface area contributed by atoms with Crippen LogP contribution in [0.15, 0.2) is 24.3 Å². The highest BCUT2D eigenvalue weighted by Crippen LogP contribution is 2.23. The third-order valence-electron chi connectivity index (χ3n) is 3.16. The molecule has 0 aliphatic carbocycles. The molecule has 0 spiro atoms. The Morgan fingerprint density at radius 3 is 2.76 bits per heavy atom. The molecule has 21 heavy (non-hydrogen) atoms. The summed E-state index contributed by atoms with van der Waals surface area (Å²) in [6.45, 7) is 2.18. The first-order valence-corrected chi connectivity index (χ1v) is 7.12. The second-order valence-electron chi connectivity index (χ2n) is 5.09. The molecule has 1 aliphatic rings. The topological polar surface area (TPSA) is 81.7 Å². The van der Waals surface area contributed by atoms with Crippen LogP contribution < -0.4 is 15.5 Å². The number of anilines is 1. The lowest BCUT2D eigenvalue weighted by atomic mass is 10.2. The molecule has 2 unspecified atom stereocenters. The molecule has 0 bridgehead atoms. The number of nitrogens with one attached hydrogen (secondary N) is 2. The van der Waals surface area contributed by atoms with Crippen LogP contribution in [0, 0.1) is 0 Å². The fourth-order valence-corrected chi connectivity index (χ4v) is 2.28. The van der Waals surface area contributed by atoms with E-state index < -0.39 is 6.10 Å². The van der Waals surface area contributed by atoms with Crippen molar-refractivity contribution in [2.24, 2.45) is 0 Å². The van der Waals surface area contributed by atoms with E-state index in [1.54, 1.807) is 36.1 Å². The Hall–Kier alpha value is -1.79. The van der Waals surface area contributed by atoms with Crippen molar-refractivity contribution >= 4 is 29.2 Å². The van der Waals surface area contributed by atoms with E-state index in [1.165, 1.54) is 0 Å². The van der Waals surface area contributed by atoms with Gasteiger partial charge in [0.25, 0.3) is 0 Å². The first-order chi connectivity index (χ1) is 9.95. The summed E-state index contributed by atoms with van der Waals surface area (Å²) in [4.78, 5) is 25.2. The predicted molar refractivity (Wildman–Crippen MR) is 80.4 cm³/mol. The number of amides is 3. The van der Waals surface area contributed by atoms with Crippen LogP contribution >= 0.6 is 11.6 Å². The molecular formula is C14H18ClN3O3. The average molecular weight is 312 g/mol. The summed E-state index contributed by atoms with van der Waals surface area (Å²) in [5, 5.41) is 15.0. The first kappa shape index (κ1) is 15.6. The second-order valence-corrected chi connectivity index (χ2v) is 5.52. The van der Waals surface area contributed by atoms with Gasteiger partial charge >= 0.3 is 6.03 Å². The van der Waals surface area contributed by atoms with E-state index in [9.17, 15) is 9.59 Å².